The summed E-state index contributed by atoms with van der Waals surface area (Å²) in [6, 6.07) is 3.58. The number of rotatable bonds is 4. The summed E-state index contributed by atoms with van der Waals surface area (Å²) in [7, 11) is 0. The molecule has 2 unspecified atom stereocenters. The summed E-state index contributed by atoms with van der Waals surface area (Å²) in [5.41, 5.74) is 3.78. The van der Waals surface area contributed by atoms with Crippen LogP contribution in [0.2, 0.25) is 0 Å². The first-order valence-electron chi connectivity index (χ1n) is 6.21. The van der Waals surface area contributed by atoms with Gasteiger partial charge < -0.3 is 10.8 Å². The molecule has 0 radical (unpaired) electrons. The predicted molar refractivity (Wildman–Crippen MR) is 69.0 cm³/mol. The normalized spacial score (nSPS) is 16.5. The van der Waals surface area contributed by atoms with Crippen molar-refractivity contribution in [2.75, 3.05) is 0 Å². The Morgan fingerprint density at radius 1 is 1.24 bits per heavy atom. The first-order valence-corrected chi connectivity index (χ1v) is 6.21. The Morgan fingerprint density at radius 3 is 2.24 bits per heavy atom. The van der Waals surface area contributed by atoms with Crippen LogP contribution in [0.3, 0.4) is 0 Å². The number of alkyl halides is 3. The first kappa shape index (κ1) is 15.5. The van der Waals surface area contributed by atoms with E-state index in [-0.39, 0.29) is 6.54 Å². The molecule has 1 heterocycles. The number of hydrogen-bond acceptors (Lipinski definition) is 4. The summed E-state index contributed by atoms with van der Waals surface area (Å²) in [5.74, 6) is 0. The highest BCUT2D eigenvalue weighted by molar-refractivity contribution is 5.29. The van der Waals surface area contributed by atoms with Crippen molar-refractivity contribution in [1.82, 2.24) is 14.8 Å². The lowest BCUT2D eigenvalue weighted by molar-refractivity contribution is -0.137. The van der Waals surface area contributed by atoms with E-state index >= 15 is 0 Å². The lowest BCUT2D eigenvalue weighted by Crippen LogP contribution is -2.46. The van der Waals surface area contributed by atoms with Crippen molar-refractivity contribution in [3.63, 3.8) is 0 Å². The van der Waals surface area contributed by atoms with Gasteiger partial charge in [-0.2, -0.15) is 18.3 Å². The molecule has 0 aliphatic carbocycles. The monoisotopic (exact) mass is 300 g/mol. The van der Waals surface area contributed by atoms with E-state index in [1.807, 2.05) is 0 Å². The van der Waals surface area contributed by atoms with Crippen LogP contribution in [0.15, 0.2) is 36.9 Å². The summed E-state index contributed by atoms with van der Waals surface area (Å²) in [5, 5.41) is 14.6. The summed E-state index contributed by atoms with van der Waals surface area (Å²) in [6.45, 7) is 1.57. The molecular weight excluding hydrogens is 285 g/mol. The average molecular weight is 300 g/mol. The number of halogens is 3. The van der Waals surface area contributed by atoms with Crippen molar-refractivity contribution in [2.24, 2.45) is 5.73 Å². The minimum Gasteiger partial charge on any atom is -0.382 e. The maximum Gasteiger partial charge on any atom is 0.416 e. The van der Waals surface area contributed by atoms with Crippen LogP contribution in [0.4, 0.5) is 13.2 Å². The van der Waals surface area contributed by atoms with Gasteiger partial charge in [0, 0.05) is 6.04 Å². The number of benzene rings is 1. The van der Waals surface area contributed by atoms with E-state index in [4.69, 9.17) is 5.73 Å². The van der Waals surface area contributed by atoms with E-state index in [1.54, 1.807) is 6.92 Å². The van der Waals surface area contributed by atoms with Crippen LogP contribution in [0.1, 0.15) is 18.1 Å². The van der Waals surface area contributed by atoms with Crippen molar-refractivity contribution in [1.29, 1.82) is 0 Å². The molecule has 0 aliphatic heterocycles. The molecule has 5 nitrogen and oxygen atoms in total. The second-order valence-corrected chi connectivity index (χ2v) is 4.88. The van der Waals surface area contributed by atoms with Crippen LogP contribution < -0.4 is 5.73 Å². The van der Waals surface area contributed by atoms with Crippen LogP contribution in [0, 0.1) is 0 Å². The number of nitrogens with zero attached hydrogens (tertiary/aromatic N) is 3. The molecule has 0 aliphatic rings. The highest BCUT2D eigenvalue weighted by Crippen LogP contribution is 2.32. The molecule has 21 heavy (non-hydrogen) atoms. The fourth-order valence-corrected chi connectivity index (χ4v) is 2.01. The molecule has 0 fully saturated rings. The van der Waals surface area contributed by atoms with Gasteiger partial charge >= 0.3 is 6.18 Å². The van der Waals surface area contributed by atoms with Gasteiger partial charge in [-0.05, 0) is 24.6 Å². The quantitative estimate of drug-likeness (QED) is 0.898. The zero-order valence-electron chi connectivity index (χ0n) is 11.2. The van der Waals surface area contributed by atoms with Crippen molar-refractivity contribution in [3.8, 4) is 0 Å². The van der Waals surface area contributed by atoms with Crippen molar-refractivity contribution >= 4 is 0 Å². The predicted octanol–water partition coefficient (Wildman–Crippen LogP) is 1.53. The lowest BCUT2D eigenvalue weighted by Gasteiger charge is -2.32. The summed E-state index contributed by atoms with van der Waals surface area (Å²) >= 11 is 0. The van der Waals surface area contributed by atoms with E-state index in [9.17, 15) is 18.3 Å². The van der Waals surface area contributed by atoms with Crippen molar-refractivity contribution in [2.45, 2.75) is 31.3 Å². The third-order valence-corrected chi connectivity index (χ3v) is 3.34. The molecule has 114 valence electrons. The number of nitrogens with two attached hydrogens (primary N) is 1. The van der Waals surface area contributed by atoms with E-state index in [2.05, 4.69) is 10.1 Å². The van der Waals surface area contributed by atoms with Crippen LogP contribution in [-0.4, -0.2) is 25.9 Å². The van der Waals surface area contributed by atoms with Gasteiger partial charge in [-0.25, -0.2) is 9.67 Å². The van der Waals surface area contributed by atoms with Crippen LogP contribution >= 0.6 is 0 Å². The second kappa shape index (κ2) is 5.45. The molecule has 1 aromatic carbocycles. The lowest BCUT2D eigenvalue weighted by atomic mass is 9.87. The van der Waals surface area contributed by atoms with E-state index < -0.39 is 23.4 Å². The summed E-state index contributed by atoms with van der Waals surface area (Å²) in [4.78, 5) is 3.76. The number of aromatic nitrogens is 3. The van der Waals surface area contributed by atoms with Gasteiger partial charge in [0.15, 0.2) is 0 Å². The molecule has 8 heteroatoms. The van der Waals surface area contributed by atoms with E-state index in [0.717, 1.165) is 12.1 Å². The number of hydrogen-bond donors (Lipinski definition) is 2. The van der Waals surface area contributed by atoms with Crippen molar-refractivity contribution < 1.29 is 18.3 Å². The maximum atomic E-state index is 12.6. The van der Waals surface area contributed by atoms with Gasteiger partial charge in [-0.15, -0.1) is 0 Å². The van der Waals surface area contributed by atoms with E-state index in [1.165, 1.54) is 29.5 Å². The van der Waals surface area contributed by atoms with Crippen LogP contribution in [0.5, 0.6) is 0 Å². The highest BCUT2D eigenvalue weighted by Gasteiger charge is 2.36. The SMILES string of the molecule is CC(N)C(O)(Cn1cncn1)c1ccc(C(F)(F)F)cc1. The largest absolute Gasteiger partial charge is 0.416 e. The zero-order chi connectivity index (χ0) is 15.7. The Morgan fingerprint density at radius 2 is 1.81 bits per heavy atom. The maximum absolute atomic E-state index is 12.6. The third-order valence-electron chi connectivity index (χ3n) is 3.34. The molecule has 0 spiro atoms. The summed E-state index contributed by atoms with van der Waals surface area (Å²) < 4.78 is 39.1. The summed E-state index contributed by atoms with van der Waals surface area (Å²) in [6.07, 6.45) is -1.72. The van der Waals surface area contributed by atoms with Gasteiger partial charge in [0.1, 0.15) is 18.3 Å². The van der Waals surface area contributed by atoms with Crippen molar-refractivity contribution in [3.05, 3.63) is 48.0 Å². The molecule has 1 aromatic heterocycles. The second-order valence-electron chi connectivity index (χ2n) is 4.88. The topological polar surface area (TPSA) is 77.0 Å². The Bertz CT molecular complexity index is 580. The molecule has 0 saturated carbocycles. The first-order chi connectivity index (χ1) is 9.73. The molecule has 0 saturated heterocycles. The Labute approximate surface area is 119 Å². The molecule has 2 aromatic rings. The average Bonchev–Trinajstić information content (AvgIpc) is 2.90. The Balaban J connectivity index is 2.34. The molecular formula is C13H15F3N4O. The Kier molecular flexibility index (Phi) is 4.02. The molecule has 2 atom stereocenters. The molecule has 3 N–H and O–H groups in total. The minimum absolute atomic E-state index is 0.00394. The highest BCUT2D eigenvalue weighted by atomic mass is 19.4. The van der Waals surface area contributed by atoms with Crippen LogP contribution in [-0.2, 0) is 18.3 Å². The number of aliphatic hydroxyl groups is 1. The van der Waals surface area contributed by atoms with Crippen LogP contribution in [0.25, 0.3) is 0 Å². The fourth-order valence-electron chi connectivity index (χ4n) is 2.01. The smallest absolute Gasteiger partial charge is 0.382 e. The van der Waals surface area contributed by atoms with Gasteiger partial charge in [-0.1, -0.05) is 12.1 Å². The Hall–Kier alpha value is -1.93. The zero-order valence-corrected chi connectivity index (χ0v) is 11.2. The molecule has 0 amide bonds. The van der Waals surface area contributed by atoms with E-state index in [0.29, 0.717) is 5.56 Å². The van der Waals surface area contributed by atoms with Gasteiger partial charge in [0.2, 0.25) is 0 Å². The van der Waals surface area contributed by atoms with Gasteiger partial charge in [0.25, 0.3) is 0 Å². The molecule has 0 bridgehead atoms. The van der Waals surface area contributed by atoms with Gasteiger partial charge in [0.05, 0.1) is 12.1 Å². The fraction of sp³-hybridized carbons (Fsp3) is 0.385. The van der Waals surface area contributed by atoms with Gasteiger partial charge in [-0.3, -0.25) is 0 Å². The third kappa shape index (κ3) is 3.22. The minimum atomic E-state index is -4.42. The molecule has 2 rings (SSSR count). The standard InChI is InChI=1S/C13H15F3N4O/c1-9(17)12(21,6-20-8-18-7-19-20)10-2-4-11(5-3-10)13(14,15)16/h2-5,7-9,21H,6,17H2,1H3.